The molecule has 36 heavy (non-hydrogen) atoms. The summed E-state index contributed by atoms with van der Waals surface area (Å²) in [5, 5.41) is 0. The Kier molecular flexibility index (Phi) is 16.6. The lowest BCUT2D eigenvalue weighted by atomic mass is 10.1. The summed E-state index contributed by atoms with van der Waals surface area (Å²) in [5.74, 6) is -14.4. The highest BCUT2D eigenvalue weighted by Gasteiger charge is 2.28. The number of unbranched alkanes of at least 4 members (excludes halogenated alkanes) is 5. The van der Waals surface area contributed by atoms with Crippen molar-refractivity contribution < 1.29 is 55.2 Å². The summed E-state index contributed by atoms with van der Waals surface area (Å²) in [4.78, 5) is 23.1. The SMILES string of the molecule is CCCCCCCCC(=O)OCCOCCOCCOCCC(=O)Oc1c(F)c(F)c(F)c(F)c1F. The van der Waals surface area contributed by atoms with Crippen LogP contribution in [0.1, 0.15) is 58.3 Å². The van der Waals surface area contributed by atoms with Gasteiger partial charge < -0.3 is 23.7 Å². The molecule has 1 aromatic carbocycles. The number of rotatable bonds is 20. The van der Waals surface area contributed by atoms with Crippen LogP contribution in [-0.4, -0.2) is 58.2 Å². The fraction of sp³-hybridized carbons (Fsp3) is 0.667. The van der Waals surface area contributed by atoms with E-state index in [1.807, 2.05) is 0 Å². The molecule has 0 radical (unpaired) electrons. The van der Waals surface area contributed by atoms with Gasteiger partial charge in [-0.1, -0.05) is 39.0 Å². The summed E-state index contributed by atoms with van der Waals surface area (Å²) in [6.45, 7) is 3.08. The second-order valence-corrected chi connectivity index (χ2v) is 7.70. The first kappa shape index (κ1) is 31.7. The van der Waals surface area contributed by atoms with Crippen LogP contribution in [0.2, 0.25) is 0 Å². The van der Waals surface area contributed by atoms with Crippen LogP contribution in [0.5, 0.6) is 5.75 Å². The number of benzene rings is 1. The quantitative estimate of drug-likeness (QED) is 0.0587. The van der Waals surface area contributed by atoms with Gasteiger partial charge in [0.25, 0.3) is 0 Å². The number of hydrogen-bond donors (Lipinski definition) is 0. The van der Waals surface area contributed by atoms with Crippen molar-refractivity contribution in [1.29, 1.82) is 0 Å². The maximum absolute atomic E-state index is 13.5. The molecule has 7 nitrogen and oxygen atoms in total. The molecular formula is C24H33F5O7. The predicted molar refractivity (Wildman–Crippen MR) is 118 cm³/mol. The molecule has 12 heteroatoms. The van der Waals surface area contributed by atoms with Gasteiger partial charge in [-0.25, -0.2) is 13.2 Å². The second-order valence-electron chi connectivity index (χ2n) is 7.70. The Labute approximate surface area is 207 Å². The van der Waals surface area contributed by atoms with Crippen LogP contribution in [0.4, 0.5) is 22.0 Å². The molecule has 0 amide bonds. The van der Waals surface area contributed by atoms with E-state index in [4.69, 9.17) is 18.9 Å². The molecule has 0 atom stereocenters. The van der Waals surface area contributed by atoms with E-state index in [-0.39, 0.29) is 52.2 Å². The van der Waals surface area contributed by atoms with Crippen LogP contribution in [0.25, 0.3) is 0 Å². The van der Waals surface area contributed by atoms with Gasteiger partial charge in [0.2, 0.25) is 34.8 Å². The zero-order valence-electron chi connectivity index (χ0n) is 20.4. The van der Waals surface area contributed by atoms with Crippen molar-refractivity contribution in [2.75, 3.05) is 46.2 Å². The van der Waals surface area contributed by atoms with Crippen LogP contribution >= 0.6 is 0 Å². The Hall–Kier alpha value is -2.31. The molecule has 1 aromatic rings. The molecule has 0 unspecified atom stereocenters. The number of ether oxygens (including phenoxy) is 5. The van der Waals surface area contributed by atoms with Gasteiger partial charge in [0.15, 0.2) is 0 Å². The molecule has 0 spiro atoms. The molecule has 0 heterocycles. The minimum absolute atomic E-state index is 0.0753. The average Bonchev–Trinajstić information content (AvgIpc) is 2.86. The van der Waals surface area contributed by atoms with E-state index in [0.717, 1.165) is 19.3 Å². The predicted octanol–water partition coefficient (Wildman–Crippen LogP) is 5.02. The first-order valence-electron chi connectivity index (χ1n) is 11.9. The largest absolute Gasteiger partial charge is 0.463 e. The van der Waals surface area contributed by atoms with Gasteiger partial charge in [-0.05, 0) is 6.42 Å². The molecule has 0 aliphatic rings. The highest BCUT2D eigenvalue weighted by atomic mass is 19.2. The third kappa shape index (κ3) is 12.6. The van der Waals surface area contributed by atoms with Crippen molar-refractivity contribution >= 4 is 11.9 Å². The fourth-order valence-corrected chi connectivity index (χ4v) is 2.87. The third-order valence-corrected chi connectivity index (χ3v) is 4.81. The summed E-state index contributed by atoms with van der Waals surface area (Å²) in [5.41, 5.74) is 0. The van der Waals surface area contributed by atoms with Crippen LogP contribution < -0.4 is 4.74 Å². The second kappa shape index (κ2) is 18.9. The molecule has 0 N–H and O–H groups in total. The smallest absolute Gasteiger partial charge is 0.313 e. The average molecular weight is 529 g/mol. The Morgan fingerprint density at radius 1 is 0.556 bits per heavy atom. The van der Waals surface area contributed by atoms with E-state index in [9.17, 15) is 31.5 Å². The number of esters is 2. The lowest BCUT2D eigenvalue weighted by Gasteiger charge is -2.09. The van der Waals surface area contributed by atoms with Crippen molar-refractivity contribution in [3.8, 4) is 5.75 Å². The molecule has 206 valence electrons. The minimum atomic E-state index is -2.35. The minimum Gasteiger partial charge on any atom is -0.463 e. The first-order chi connectivity index (χ1) is 17.3. The molecule has 0 fully saturated rings. The number of hydrogen-bond acceptors (Lipinski definition) is 7. The summed E-state index contributed by atoms with van der Waals surface area (Å²) in [6.07, 6.45) is 6.50. The van der Waals surface area contributed by atoms with Crippen molar-refractivity contribution in [2.45, 2.75) is 58.3 Å². The zero-order valence-corrected chi connectivity index (χ0v) is 20.4. The topological polar surface area (TPSA) is 80.3 Å². The Morgan fingerprint density at radius 2 is 1.03 bits per heavy atom. The highest BCUT2D eigenvalue weighted by molar-refractivity contribution is 5.72. The van der Waals surface area contributed by atoms with Gasteiger partial charge in [0.05, 0.1) is 46.1 Å². The molecule has 0 saturated heterocycles. The maximum Gasteiger partial charge on any atom is 0.313 e. The molecule has 0 saturated carbocycles. The first-order valence-corrected chi connectivity index (χ1v) is 11.9. The molecule has 0 aliphatic heterocycles. The van der Waals surface area contributed by atoms with Gasteiger partial charge >= 0.3 is 11.9 Å². The molecule has 0 aliphatic carbocycles. The maximum atomic E-state index is 13.5. The molecular weight excluding hydrogens is 495 g/mol. The summed E-state index contributed by atoms with van der Waals surface area (Å²) in [6, 6.07) is 0. The molecule has 0 aromatic heterocycles. The third-order valence-electron chi connectivity index (χ3n) is 4.81. The fourth-order valence-electron chi connectivity index (χ4n) is 2.87. The summed E-state index contributed by atoms with van der Waals surface area (Å²) >= 11 is 0. The van der Waals surface area contributed by atoms with E-state index in [1.165, 1.54) is 19.3 Å². The van der Waals surface area contributed by atoms with E-state index < -0.39 is 47.2 Å². The Morgan fingerprint density at radius 3 is 1.61 bits per heavy atom. The monoisotopic (exact) mass is 528 g/mol. The normalized spacial score (nSPS) is 11.1. The van der Waals surface area contributed by atoms with Gasteiger partial charge in [-0.3, -0.25) is 9.59 Å². The number of carbonyl (C=O) groups is 2. The number of halogens is 5. The van der Waals surface area contributed by atoms with Crippen LogP contribution in [-0.2, 0) is 28.5 Å². The zero-order chi connectivity index (χ0) is 26.8. The summed E-state index contributed by atoms with van der Waals surface area (Å²) < 4.78 is 91.0. The van der Waals surface area contributed by atoms with E-state index in [0.29, 0.717) is 6.42 Å². The van der Waals surface area contributed by atoms with E-state index in [1.54, 1.807) is 0 Å². The number of carbonyl (C=O) groups excluding carboxylic acids is 2. The van der Waals surface area contributed by atoms with Gasteiger partial charge in [-0.2, -0.15) is 8.78 Å². The van der Waals surface area contributed by atoms with Crippen LogP contribution in [0, 0.1) is 29.1 Å². The van der Waals surface area contributed by atoms with Crippen molar-refractivity contribution in [1.82, 2.24) is 0 Å². The van der Waals surface area contributed by atoms with E-state index in [2.05, 4.69) is 11.7 Å². The highest BCUT2D eigenvalue weighted by Crippen LogP contribution is 2.29. The van der Waals surface area contributed by atoms with Gasteiger partial charge in [0, 0.05) is 6.42 Å². The standard InChI is InChI=1S/C24H33F5O7/c1-2-3-4-5-6-7-8-17(30)35-16-15-34-14-13-33-12-11-32-10-9-18(31)36-24-22(28)20(26)19(25)21(27)23(24)29/h2-16H2,1H3. The molecule has 1 rings (SSSR count). The van der Waals surface area contributed by atoms with Gasteiger partial charge in [-0.15, -0.1) is 0 Å². The van der Waals surface area contributed by atoms with Crippen molar-refractivity contribution in [3.63, 3.8) is 0 Å². The van der Waals surface area contributed by atoms with Gasteiger partial charge in [0.1, 0.15) is 6.61 Å². The van der Waals surface area contributed by atoms with Crippen molar-refractivity contribution in [2.24, 2.45) is 0 Å². The Bertz CT molecular complexity index is 779. The lowest BCUT2D eigenvalue weighted by molar-refractivity contribution is -0.145. The van der Waals surface area contributed by atoms with Crippen LogP contribution in [0.3, 0.4) is 0 Å². The Balaban J connectivity index is 1.98. The lowest BCUT2D eigenvalue weighted by Crippen LogP contribution is -2.16. The van der Waals surface area contributed by atoms with E-state index >= 15 is 0 Å². The van der Waals surface area contributed by atoms with Crippen LogP contribution in [0.15, 0.2) is 0 Å². The van der Waals surface area contributed by atoms with Crippen molar-refractivity contribution in [3.05, 3.63) is 29.1 Å². The summed E-state index contributed by atoms with van der Waals surface area (Å²) in [7, 11) is 0. The molecule has 0 bridgehead atoms.